The van der Waals surface area contributed by atoms with Crippen LogP contribution in [0.5, 0.6) is 0 Å². The fourth-order valence-electron chi connectivity index (χ4n) is 0. The van der Waals surface area contributed by atoms with Gasteiger partial charge < -0.3 is 32.9 Å². The van der Waals surface area contributed by atoms with Gasteiger partial charge in [-0.3, -0.25) is 0 Å². The molecule has 0 fully saturated rings. The van der Waals surface area contributed by atoms with Gasteiger partial charge in [-0.05, 0) is 0 Å². The Labute approximate surface area is 198 Å². The molecule has 0 aromatic rings. The van der Waals surface area contributed by atoms with E-state index in [-0.39, 0.29) is 204 Å². The number of rotatable bonds is 0. The standard InChI is InChI=1S/2Al.6H2O.3Sr/h;;6*1H2;;;/q;;;;;;;;3*+2/p-6. The third-order valence-corrected chi connectivity index (χ3v) is 0. The minimum absolute atomic E-state index is 0. The van der Waals surface area contributed by atoms with Crippen molar-refractivity contribution in [2.24, 2.45) is 0 Å². The van der Waals surface area contributed by atoms with Crippen molar-refractivity contribution < 1.29 is 32.9 Å². The molecule has 6 nitrogen and oxygen atoms in total. The van der Waals surface area contributed by atoms with Crippen LogP contribution in [0.1, 0.15) is 0 Å². The van der Waals surface area contributed by atoms with Gasteiger partial charge in [-0.2, -0.15) is 0 Å². The molecule has 0 saturated heterocycles. The molecule has 0 aliphatic heterocycles. The monoisotopic (exact) mass is 420 g/mol. The van der Waals surface area contributed by atoms with Gasteiger partial charge >= 0.3 is 136 Å². The molecule has 11 heteroatoms. The maximum Gasteiger partial charge on any atom is 2.00 e. The smallest absolute Gasteiger partial charge is 0.870 e. The first-order chi connectivity index (χ1) is 0. The zero-order valence-corrected chi connectivity index (χ0v) is 18.7. The average molecular weight is 419 g/mol. The van der Waals surface area contributed by atoms with E-state index in [1.807, 2.05) is 0 Å². The Balaban J connectivity index is 0. The van der Waals surface area contributed by atoms with Crippen LogP contribution in [-0.2, 0) is 0 Å². The maximum atomic E-state index is 0. The molecule has 0 aliphatic carbocycles. The summed E-state index contributed by atoms with van der Waals surface area (Å²) in [5, 5.41) is 0. The quantitative estimate of drug-likeness (QED) is 0.378. The van der Waals surface area contributed by atoms with Crippen molar-refractivity contribution in [1.29, 1.82) is 0 Å². The van der Waals surface area contributed by atoms with Crippen molar-refractivity contribution in [3.8, 4) is 0 Å². The van der Waals surface area contributed by atoms with Gasteiger partial charge in [-0.1, -0.05) is 0 Å². The first kappa shape index (κ1) is 137. The molecule has 0 heterocycles. The molecule has 0 aromatic carbocycles. The fourth-order valence-corrected chi connectivity index (χ4v) is 0. The normalized spacial score (nSPS) is 0. The van der Waals surface area contributed by atoms with Gasteiger partial charge in [0.25, 0.3) is 0 Å². The second-order valence-corrected chi connectivity index (χ2v) is 0. The van der Waals surface area contributed by atoms with Gasteiger partial charge in [0.05, 0.1) is 0 Å². The predicted octanol–water partition coefficient (Wildman–Crippen LogP) is -2.96. The van der Waals surface area contributed by atoms with Crippen molar-refractivity contribution in [3.63, 3.8) is 0 Å². The molecule has 0 aromatic heterocycles. The molecule has 54 valence electrons. The molecule has 0 spiro atoms. The SMILES string of the molecule is [Al].[Al].[OH-].[OH-].[OH-].[OH-].[OH-].[OH-].[Sr+2].[Sr+2].[Sr+2]. The molecule has 0 atom stereocenters. The van der Waals surface area contributed by atoms with Gasteiger partial charge in [0.1, 0.15) is 0 Å². The number of hydrogen-bond donors (Lipinski definition) is 0. The van der Waals surface area contributed by atoms with Crippen molar-refractivity contribution in [1.82, 2.24) is 0 Å². The van der Waals surface area contributed by atoms with Gasteiger partial charge in [0.15, 0.2) is 0 Å². The minimum atomic E-state index is 0. The zero-order valence-electron chi connectivity index (χ0n) is 5.96. The molecule has 11 heavy (non-hydrogen) atoms. The Bertz CT molecular complexity index is 15.8. The fraction of sp³-hybridized carbons (Fsp3) is 0. The Hall–Kier alpha value is 5.27. The topological polar surface area (TPSA) is 180 Å². The molecule has 0 saturated carbocycles. The molecule has 0 rings (SSSR count). The summed E-state index contributed by atoms with van der Waals surface area (Å²) in [5.41, 5.74) is 0. The van der Waals surface area contributed by atoms with Crippen molar-refractivity contribution in [2.45, 2.75) is 0 Å². The van der Waals surface area contributed by atoms with Crippen molar-refractivity contribution in [3.05, 3.63) is 0 Å². The summed E-state index contributed by atoms with van der Waals surface area (Å²) in [6.45, 7) is 0. The summed E-state index contributed by atoms with van der Waals surface area (Å²) in [5.74, 6) is 0. The van der Waals surface area contributed by atoms with Crippen molar-refractivity contribution in [2.75, 3.05) is 0 Å². The van der Waals surface area contributed by atoms with E-state index in [4.69, 9.17) is 0 Å². The molecule has 0 bridgehead atoms. The average Bonchev–Trinajstić information content (AvgIpc) is 0. The Morgan fingerprint density at radius 2 is 0.273 bits per heavy atom. The van der Waals surface area contributed by atoms with Crippen LogP contribution >= 0.6 is 0 Å². The van der Waals surface area contributed by atoms with E-state index in [0.717, 1.165) is 0 Å². The molecular formula is H6Al2O6Sr3. The van der Waals surface area contributed by atoms with Crippen LogP contribution in [-0.4, -0.2) is 204 Å². The van der Waals surface area contributed by atoms with Crippen LogP contribution in [0.3, 0.4) is 0 Å². The second-order valence-electron chi connectivity index (χ2n) is 0. The molecule has 6 radical (unpaired) electrons. The van der Waals surface area contributed by atoms with E-state index in [9.17, 15) is 0 Å². The van der Waals surface area contributed by atoms with E-state index in [1.165, 1.54) is 0 Å². The molecular weight excluding hydrogens is 413 g/mol. The van der Waals surface area contributed by atoms with Gasteiger partial charge in [0.2, 0.25) is 0 Å². The maximum absolute atomic E-state index is 0. The Morgan fingerprint density at radius 3 is 0.273 bits per heavy atom. The van der Waals surface area contributed by atoms with Crippen LogP contribution in [0.4, 0.5) is 0 Å². The van der Waals surface area contributed by atoms with Crippen molar-refractivity contribution >= 4 is 171 Å². The first-order valence-electron chi connectivity index (χ1n) is 0. The molecule has 0 unspecified atom stereocenters. The minimum Gasteiger partial charge on any atom is -0.870 e. The zero-order chi connectivity index (χ0) is 0. The predicted molar refractivity (Wildman–Crippen MR) is 40.4 cm³/mol. The van der Waals surface area contributed by atoms with E-state index >= 15 is 0 Å². The second kappa shape index (κ2) is 112. The third-order valence-electron chi connectivity index (χ3n) is 0. The summed E-state index contributed by atoms with van der Waals surface area (Å²) in [6, 6.07) is 0. The molecule has 6 N–H and O–H groups in total. The van der Waals surface area contributed by atoms with E-state index in [0.29, 0.717) is 0 Å². The molecule has 0 aliphatic rings. The third kappa shape index (κ3) is 96.9. The molecule has 0 amide bonds. The first-order valence-corrected chi connectivity index (χ1v) is 0. The summed E-state index contributed by atoms with van der Waals surface area (Å²) < 4.78 is 0. The summed E-state index contributed by atoms with van der Waals surface area (Å²) in [6.07, 6.45) is 0. The van der Waals surface area contributed by atoms with Crippen LogP contribution in [0.15, 0.2) is 0 Å². The van der Waals surface area contributed by atoms with Gasteiger partial charge in [-0.15, -0.1) is 0 Å². The van der Waals surface area contributed by atoms with Crippen LogP contribution in [0, 0.1) is 0 Å². The Morgan fingerprint density at radius 1 is 0.273 bits per heavy atom. The van der Waals surface area contributed by atoms with E-state index in [1.54, 1.807) is 0 Å². The summed E-state index contributed by atoms with van der Waals surface area (Å²) >= 11 is 0. The van der Waals surface area contributed by atoms with Crippen LogP contribution in [0.25, 0.3) is 0 Å². The van der Waals surface area contributed by atoms with E-state index < -0.39 is 0 Å². The van der Waals surface area contributed by atoms with Gasteiger partial charge in [0, 0.05) is 34.7 Å². The largest absolute Gasteiger partial charge is 2.00 e. The summed E-state index contributed by atoms with van der Waals surface area (Å²) in [7, 11) is 0. The summed E-state index contributed by atoms with van der Waals surface area (Å²) in [4.78, 5) is 0. The van der Waals surface area contributed by atoms with Crippen LogP contribution in [0.2, 0.25) is 0 Å². The van der Waals surface area contributed by atoms with Crippen LogP contribution < -0.4 is 0 Å². The Kier molecular flexibility index (Phi) is 1390. The van der Waals surface area contributed by atoms with Gasteiger partial charge in [-0.25, -0.2) is 0 Å². The number of hydrogen-bond acceptors (Lipinski definition) is 6. The van der Waals surface area contributed by atoms with E-state index in [2.05, 4.69) is 0 Å².